The molecule has 0 saturated carbocycles. The summed E-state index contributed by atoms with van der Waals surface area (Å²) in [6, 6.07) is 8.79. The van der Waals surface area contributed by atoms with Crippen molar-refractivity contribution in [3.05, 3.63) is 54.1 Å². The monoisotopic (exact) mass is 345 g/mol. The summed E-state index contributed by atoms with van der Waals surface area (Å²) in [6.45, 7) is 3.61. The first-order chi connectivity index (χ1) is 11.9. The van der Waals surface area contributed by atoms with E-state index in [1.165, 1.54) is 25.3 Å². The van der Waals surface area contributed by atoms with Gasteiger partial charge in [0.2, 0.25) is 5.91 Å². The van der Waals surface area contributed by atoms with E-state index in [4.69, 9.17) is 4.42 Å². The topological polar surface area (TPSA) is 68.5 Å². The van der Waals surface area contributed by atoms with Crippen LogP contribution in [0.3, 0.4) is 0 Å². The highest BCUT2D eigenvalue weighted by molar-refractivity contribution is 5.94. The second-order valence-electron chi connectivity index (χ2n) is 5.77. The molecule has 0 aliphatic carbocycles. The standard InChI is InChI=1S/C19H20FNO4/c1-12(2)18(19(23)24-3)21-17(22)11-9-13-8-10-16(25-13)14-6-4-5-7-15(14)20/h4-12,18H,1-3H3,(H,21,22)/b11-9+/t18-/m0/s1. The minimum absolute atomic E-state index is 0.110. The van der Waals surface area contributed by atoms with Gasteiger partial charge in [0.05, 0.1) is 12.7 Å². The van der Waals surface area contributed by atoms with Crippen LogP contribution in [-0.2, 0) is 14.3 Å². The lowest BCUT2D eigenvalue weighted by Crippen LogP contribution is -2.44. The molecule has 1 N–H and O–H groups in total. The Balaban J connectivity index is 2.06. The van der Waals surface area contributed by atoms with Crippen LogP contribution in [0, 0.1) is 11.7 Å². The first-order valence-corrected chi connectivity index (χ1v) is 7.83. The summed E-state index contributed by atoms with van der Waals surface area (Å²) in [5, 5.41) is 2.58. The second kappa shape index (κ2) is 8.28. The van der Waals surface area contributed by atoms with Crippen molar-refractivity contribution in [3.8, 4) is 11.3 Å². The molecule has 1 aromatic carbocycles. The predicted octanol–water partition coefficient (Wildman–Crippen LogP) is 3.41. The van der Waals surface area contributed by atoms with Crippen LogP contribution in [-0.4, -0.2) is 25.0 Å². The van der Waals surface area contributed by atoms with Crippen LogP contribution >= 0.6 is 0 Å². The van der Waals surface area contributed by atoms with Crippen LogP contribution < -0.4 is 5.32 Å². The number of benzene rings is 1. The van der Waals surface area contributed by atoms with E-state index in [0.717, 1.165) is 0 Å². The molecule has 1 atom stereocenters. The SMILES string of the molecule is COC(=O)[C@@H](NC(=O)/C=C/c1ccc(-c2ccccc2F)o1)C(C)C. The largest absolute Gasteiger partial charge is 0.467 e. The fraction of sp³-hybridized carbons (Fsp3) is 0.263. The maximum absolute atomic E-state index is 13.7. The van der Waals surface area contributed by atoms with Crippen LogP contribution in [0.4, 0.5) is 4.39 Å². The van der Waals surface area contributed by atoms with Crippen LogP contribution in [0.15, 0.2) is 46.9 Å². The number of rotatable bonds is 6. The van der Waals surface area contributed by atoms with E-state index in [9.17, 15) is 14.0 Å². The van der Waals surface area contributed by atoms with Crippen molar-refractivity contribution in [2.45, 2.75) is 19.9 Å². The van der Waals surface area contributed by atoms with Gasteiger partial charge in [0, 0.05) is 6.08 Å². The molecule has 0 saturated heterocycles. The molecule has 0 bridgehead atoms. The number of carbonyl (C=O) groups excluding carboxylic acids is 2. The third-order valence-electron chi connectivity index (χ3n) is 3.58. The number of nitrogens with one attached hydrogen (secondary N) is 1. The van der Waals surface area contributed by atoms with Crippen LogP contribution in [0.5, 0.6) is 0 Å². The molecule has 5 nitrogen and oxygen atoms in total. The van der Waals surface area contributed by atoms with Crippen molar-refractivity contribution in [1.82, 2.24) is 5.32 Å². The number of ether oxygens (including phenoxy) is 1. The number of furan rings is 1. The van der Waals surface area contributed by atoms with Crippen molar-refractivity contribution in [3.63, 3.8) is 0 Å². The van der Waals surface area contributed by atoms with E-state index in [-0.39, 0.29) is 11.7 Å². The minimum Gasteiger partial charge on any atom is -0.467 e. The Hall–Kier alpha value is -2.89. The zero-order chi connectivity index (χ0) is 18.4. The molecule has 1 heterocycles. The Morgan fingerprint density at radius 1 is 1.20 bits per heavy atom. The molecular formula is C19H20FNO4. The number of halogens is 1. The minimum atomic E-state index is -0.729. The molecule has 1 amide bonds. The molecule has 0 aliphatic rings. The predicted molar refractivity (Wildman–Crippen MR) is 91.9 cm³/mol. The smallest absolute Gasteiger partial charge is 0.328 e. The van der Waals surface area contributed by atoms with Crippen molar-refractivity contribution >= 4 is 18.0 Å². The van der Waals surface area contributed by atoms with Gasteiger partial charge in [-0.1, -0.05) is 26.0 Å². The highest BCUT2D eigenvalue weighted by Crippen LogP contribution is 2.25. The number of carbonyl (C=O) groups is 2. The van der Waals surface area contributed by atoms with Crippen molar-refractivity contribution in [2.24, 2.45) is 5.92 Å². The Bertz CT molecular complexity index is 779. The van der Waals surface area contributed by atoms with Gasteiger partial charge in [-0.15, -0.1) is 0 Å². The van der Waals surface area contributed by atoms with Crippen LogP contribution in [0.25, 0.3) is 17.4 Å². The summed E-state index contributed by atoms with van der Waals surface area (Å²) in [5.41, 5.74) is 0.345. The van der Waals surface area contributed by atoms with Crippen LogP contribution in [0.2, 0.25) is 0 Å². The first-order valence-electron chi connectivity index (χ1n) is 7.83. The Kier molecular flexibility index (Phi) is 6.11. The van der Waals surface area contributed by atoms with E-state index < -0.39 is 17.9 Å². The average Bonchev–Trinajstić information content (AvgIpc) is 3.06. The first kappa shape index (κ1) is 18.4. The lowest BCUT2D eigenvalue weighted by molar-refractivity contribution is -0.145. The number of amides is 1. The molecule has 0 unspecified atom stereocenters. The highest BCUT2D eigenvalue weighted by Gasteiger charge is 2.23. The molecule has 2 rings (SSSR count). The summed E-state index contributed by atoms with van der Waals surface area (Å²) in [7, 11) is 1.27. The number of hydrogen-bond donors (Lipinski definition) is 1. The molecule has 0 aliphatic heterocycles. The molecule has 2 aromatic rings. The third kappa shape index (κ3) is 4.79. The maximum atomic E-state index is 13.7. The lowest BCUT2D eigenvalue weighted by atomic mass is 10.0. The van der Waals surface area contributed by atoms with Gasteiger partial charge in [0.15, 0.2) is 0 Å². The molecule has 25 heavy (non-hydrogen) atoms. The fourth-order valence-corrected chi connectivity index (χ4v) is 2.23. The molecule has 0 fully saturated rings. The van der Waals surface area contributed by atoms with Gasteiger partial charge in [-0.25, -0.2) is 9.18 Å². The van der Waals surface area contributed by atoms with Gasteiger partial charge in [-0.3, -0.25) is 4.79 Å². The summed E-state index contributed by atoms with van der Waals surface area (Å²) in [6.07, 6.45) is 2.70. The fourth-order valence-electron chi connectivity index (χ4n) is 2.23. The van der Waals surface area contributed by atoms with Crippen LogP contribution in [0.1, 0.15) is 19.6 Å². The molecule has 132 valence electrons. The van der Waals surface area contributed by atoms with Crippen molar-refractivity contribution in [1.29, 1.82) is 0 Å². The van der Waals surface area contributed by atoms with Crippen molar-refractivity contribution in [2.75, 3.05) is 7.11 Å². The lowest BCUT2D eigenvalue weighted by Gasteiger charge is -2.18. The van der Waals surface area contributed by atoms with Crippen molar-refractivity contribution < 1.29 is 23.1 Å². The number of methoxy groups -OCH3 is 1. The number of hydrogen-bond acceptors (Lipinski definition) is 4. The molecule has 1 aromatic heterocycles. The van der Waals surface area contributed by atoms with E-state index in [0.29, 0.717) is 17.1 Å². The van der Waals surface area contributed by atoms with Gasteiger partial charge in [-0.2, -0.15) is 0 Å². The Morgan fingerprint density at radius 2 is 1.92 bits per heavy atom. The summed E-state index contributed by atoms with van der Waals surface area (Å²) >= 11 is 0. The molecule has 0 spiro atoms. The normalized spacial score (nSPS) is 12.4. The van der Waals surface area contributed by atoms with E-state index in [1.807, 2.05) is 0 Å². The van der Waals surface area contributed by atoms with E-state index >= 15 is 0 Å². The van der Waals surface area contributed by atoms with Gasteiger partial charge in [0.25, 0.3) is 0 Å². The molecular weight excluding hydrogens is 325 g/mol. The zero-order valence-electron chi connectivity index (χ0n) is 14.3. The highest BCUT2D eigenvalue weighted by atomic mass is 19.1. The van der Waals surface area contributed by atoms with Gasteiger partial charge in [0.1, 0.15) is 23.4 Å². The zero-order valence-corrected chi connectivity index (χ0v) is 14.3. The van der Waals surface area contributed by atoms with E-state index in [2.05, 4.69) is 10.1 Å². The van der Waals surface area contributed by atoms with Gasteiger partial charge in [-0.05, 0) is 36.3 Å². The average molecular weight is 345 g/mol. The maximum Gasteiger partial charge on any atom is 0.328 e. The Labute approximate surface area is 145 Å². The quantitative estimate of drug-likeness (QED) is 0.643. The second-order valence-corrected chi connectivity index (χ2v) is 5.77. The summed E-state index contributed by atoms with van der Waals surface area (Å²) in [5.74, 6) is -0.686. The Morgan fingerprint density at radius 3 is 2.56 bits per heavy atom. The molecule has 6 heteroatoms. The van der Waals surface area contributed by atoms with Gasteiger partial charge >= 0.3 is 5.97 Å². The van der Waals surface area contributed by atoms with Gasteiger partial charge < -0.3 is 14.5 Å². The summed E-state index contributed by atoms with van der Waals surface area (Å²) < 4.78 is 23.9. The summed E-state index contributed by atoms with van der Waals surface area (Å²) in [4.78, 5) is 23.6. The third-order valence-corrected chi connectivity index (χ3v) is 3.58. The number of esters is 1. The van der Waals surface area contributed by atoms with E-state index in [1.54, 1.807) is 44.2 Å². The molecule has 0 radical (unpaired) electrons.